The average molecular weight is 481 g/mol. The minimum atomic E-state index is -3.91. The number of anilines is 2. The summed E-state index contributed by atoms with van der Waals surface area (Å²) in [5.41, 5.74) is 3.54. The summed E-state index contributed by atoms with van der Waals surface area (Å²) < 4.78 is 30.1. The molecule has 0 atom stereocenters. The molecule has 34 heavy (non-hydrogen) atoms. The maximum absolute atomic E-state index is 12.4. The van der Waals surface area contributed by atoms with Crippen LogP contribution in [-0.4, -0.2) is 59.8 Å². The number of hydrogen-bond acceptors (Lipinski definition) is 6. The number of sulfonamides is 1. The molecular weight excluding hydrogens is 448 g/mol. The van der Waals surface area contributed by atoms with E-state index >= 15 is 0 Å². The summed E-state index contributed by atoms with van der Waals surface area (Å²) in [5, 5.41) is 9.09. The Morgan fingerprint density at radius 1 is 0.912 bits per heavy atom. The van der Waals surface area contributed by atoms with Gasteiger partial charge in [0, 0.05) is 45.5 Å². The second-order valence-electron chi connectivity index (χ2n) is 8.45. The van der Waals surface area contributed by atoms with E-state index in [4.69, 9.17) is 9.88 Å². The average Bonchev–Trinajstić information content (AvgIpc) is 2.86. The first kappa shape index (κ1) is 24.2. The zero-order chi connectivity index (χ0) is 24.0. The van der Waals surface area contributed by atoms with E-state index in [0.29, 0.717) is 5.69 Å². The Bertz CT molecular complexity index is 1130. The highest BCUT2D eigenvalue weighted by atomic mass is 32.2. The normalized spacial score (nSPS) is 15.0. The lowest BCUT2D eigenvalue weighted by molar-refractivity contribution is 0.144. The van der Waals surface area contributed by atoms with Gasteiger partial charge >= 0.3 is 0 Å². The molecule has 0 bridgehead atoms. The van der Waals surface area contributed by atoms with Gasteiger partial charge < -0.3 is 15.0 Å². The highest BCUT2D eigenvalue weighted by Gasteiger charge is 2.23. The zero-order valence-corrected chi connectivity index (χ0v) is 20.2. The minimum Gasteiger partial charge on any atom is -0.383 e. The Morgan fingerprint density at radius 3 is 2.03 bits per heavy atom. The van der Waals surface area contributed by atoms with Gasteiger partial charge in [-0.2, -0.15) is 0 Å². The van der Waals surface area contributed by atoms with E-state index in [2.05, 4.69) is 15.1 Å². The molecule has 8 heteroatoms. The second kappa shape index (κ2) is 11.0. The third-order valence-corrected chi connectivity index (χ3v) is 7.15. The molecule has 3 aromatic carbocycles. The predicted octanol–water partition coefficient (Wildman–Crippen LogP) is 3.30. The van der Waals surface area contributed by atoms with Crippen molar-refractivity contribution in [1.29, 1.82) is 0 Å². The van der Waals surface area contributed by atoms with Gasteiger partial charge in [-0.3, -0.25) is 4.90 Å². The molecule has 1 fully saturated rings. The third kappa shape index (κ3) is 5.95. The zero-order valence-electron chi connectivity index (χ0n) is 19.4. The lowest BCUT2D eigenvalue weighted by Crippen LogP contribution is -2.47. The van der Waals surface area contributed by atoms with Crippen molar-refractivity contribution in [1.82, 2.24) is 4.90 Å². The highest BCUT2D eigenvalue weighted by Crippen LogP contribution is 2.33. The number of methoxy groups -OCH3 is 1. The predicted molar refractivity (Wildman–Crippen MR) is 137 cm³/mol. The van der Waals surface area contributed by atoms with E-state index < -0.39 is 10.0 Å². The minimum absolute atomic E-state index is 0.0897. The number of hydrogen-bond donors (Lipinski definition) is 2. The highest BCUT2D eigenvalue weighted by molar-refractivity contribution is 7.89. The molecule has 3 N–H and O–H groups in total. The van der Waals surface area contributed by atoms with Crippen LogP contribution < -0.4 is 15.4 Å². The van der Waals surface area contributed by atoms with Gasteiger partial charge in [0.15, 0.2) is 0 Å². The van der Waals surface area contributed by atoms with Crippen LogP contribution in [0.15, 0.2) is 83.8 Å². The van der Waals surface area contributed by atoms with Gasteiger partial charge in [-0.1, -0.05) is 60.7 Å². The van der Waals surface area contributed by atoms with E-state index in [1.165, 1.54) is 0 Å². The third-order valence-electron chi connectivity index (χ3n) is 6.18. The fourth-order valence-electron chi connectivity index (χ4n) is 4.33. The van der Waals surface area contributed by atoms with E-state index in [1.807, 2.05) is 72.8 Å². The summed E-state index contributed by atoms with van der Waals surface area (Å²) in [7, 11) is -2.19. The van der Waals surface area contributed by atoms with Crippen LogP contribution in [-0.2, 0) is 14.8 Å². The van der Waals surface area contributed by atoms with Gasteiger partial charge in [0.05, 0.1) is 18.3 Å². The molecule has 1 heterocycles. The number of primary sulfonamides is 1. The first-order valence-electron chi connectivity index (χ1n) is 11.5. The van der Waals surface area contributed by atoms with Crippen LogP contribution in [0.3, 0.4) is 0 Å². The molecule has 0 unspecified atom stereocenters. The van der Waals surface area contributed by atoms with Crippen molar-refractivity contribution in [2.45, 2.75) is 10.9 Å². The fourth-order valence-corrected chi connectivity index (χ4v) is 5.01. The molecule has 1 aliphatic rings. The first-order chi connectivity index (χ1) is 16.5. The molecule has 1 aliphatic heterocycles. The van der Waals surface area contributed by atoms with E-state index in [1.54, 1.807) is 13.2 Å². The van der Waals surface area contributed by atoms with Crippen molar-refractivity contribution >= 4 is 21.4 Å². The summed E-state index contributed by atoms with van der Waals surface area (Å²) in [6.07, 6.45) is 0. The number of nitrogens with one attached hydrogen (secondary N) is 1. The Morgan fingerprint density at radius 2 is 1.50 bits per heavy atom. The first-order valence-corrected chi connectivity index (χ1v) is 13.0. The molecule has 0 saturated carbocycles. The van der Waals surface area contributed by atoms with Crippen molar-refractivity contribution in [3.05, 3.63) is 90.0 Å². The smallest absolute Gasteiger partial charge is 0.240 e. The molecular formula is C26H32N4O3S. The molecule has 0 spiro atoms. The number of benzene rings is 3. The molecule has 7 nitrogen and oxygen atoms in total. The van der Waals surface area contributed by atoms with Gasteiger partial charge in [0.1, 0.15) is 4.90 Å². The standard InChI is InChI=1S/C26H32N4O3S/c1-33-19-18-29-14-16-30(17-15-29)23-12-13-25(34(27,31)32)24(20-23)28-26(21-8-4-2-5-9-21)22-10-6-3-7-11-22/h2-13,20,26,28H,14-19H2,1H3,(H2,27,31,32). The molecule has 4 rings (SSSR count). The molecule has 0 radical (unpaired) electrons. The quantitative estimate of drug-likeness (QED) is 0.489. The van der Waals surface area contributed by atoms with Crippen molar-refractivity contribution in [3.8, 4) is 0 Å². The lowest BCUT2D eigenvalue weighted by Gasteiger charge is -2.36. The van der Waals surface area contributed by atoms with Gasteiger partial charge in [0.2, 0.25) is 10.0 Å². The number of ether oxygens (including phenoxy) is 1. The second-order valence-corrected chi connectivity index (χ2v) is 9.98. The summed E-state index contributed by atoms with van der Waals surface area (Å²) in [6, 6.07) is 25.1. The number of nitrogens with zero attached hydrogens (tertiary/aromatic N) is 2. The van der Waals surface area contributed by atoms with Crippen LogP contribution in [0.4, 0.5) is 11.4 Å². The van der Waals surface area contributed by atoms with Crippen molar-refractivity contribution in [3.63, 3.8) is 0 Å². The summed E-state index contributed by atoms with van der Waals surface area (Å²) >= 11 is 0. The summed E-state index contributed by atoms with van der Waals surface area (Å²) in [5.74, 6) is 0. The van der Waals surface area contributed by atoms with Gasteiger partial charge in [-0.15, -0.1) is 0 Å². The fraction of sp³-hybridized carbons (Fsp3) is 0.308. The number of piperazine rings is 1. The number of rotatable bonds is 9. The molecule has 0 amide bonds. The molecule has 180 valence electrons. The maximum atomic E-state index is 12.4. The van der Waals surface area contributed by atoms with Crippen LogP contribution in [0.2, 0.25) is 0 Å². The van der Waals surface area contributed by atoms with Crippen LogP contribution >= 0.6 is 0 Å². The molecule has 3 aromatic rings. The Labute approximate surface area is 202 Å². The van der Waals surface area contributed by atoms with Crippen LogP contribution in [0, 0.1) is 0 Å². The lowest BCUT2D eigenvalue weighted by atomic mass is 9.98. The molecule has 0 aromatic heterocycles. The van der Waals surface area contributed by atoms with Crippen LogP contribution in [0.5, 0.6) is 0 Å². The van der Waals surface area contributed by atoms with Gasteiger partial charge in [0.25, 0.3) is 0 Å². The SMILES string of the molecule is COCCN1CCN(c2ccc(S(N)(=O)=O)c(NC(c3ccccc3)c3ccccc3)c2)CC1. The van der Waals surface area contributed by atoms with Crippen LogP contribution in [0.1, 0.15) is 17.2 Å². The molecule has 1 saturated heterocycles. The van der Waals surface area contributed by atoms with E-state index in [-0.39, 0.29) is 10.9 Å². The van der Waals surface area contributed by atoms with Gasteiger partial charge in [-0.05, 0) is 29.3 Å². The Hall–Kier alpha value is -2.91. The van der Waals surface area contributed by atoms with Crippen LogP contribution in [0.25, 0.3) is 0 Å². The maximum Gasteiger partial charge on any atom is 0.240 e. The van der Waals surface area contributed by atoms with Gasteiger partial charge in [-0.25, -0.2) is 13.6 Å². The Kier molecular flexibility index (Phi) is 7.84. The molecule has 0 aliphatic carbocycles. The summed E-state index contributed by atoms with van der Waals surface area (Å²) in [6.45, 7) is 5.21. The van der Waals surface area contributed by atoms with Crippen molar-refractivity contribution in [2.75, 3.05) is 56.7 Å². The Balaban J connectivity index is 1.65. The van der Waals surface area contributed by atoms with E-state index in [9.17, 15) is 8.42 Å². The number of nitrogens with two attached hydrogens (primary N) is 1. The van der Waals surface area contributed by atoms with Crippen molar-refractivity contribution in [2.24, 2.45) is 5.14 Å². The van der Waals surface area contributed by atoms with E-state index in [0.717, 1.165) is 56.1 Å². The monoisotopic (exact) mass is 480 g/mol. The summed E-state index contributed by atoms with van der Waals surface area (Å²) in [4.78, 5) is 4.74. The topological polar surface area (TPSA) is 87.9 Å². The van der Waals surface area contributed by atoms with Crippen molar-refractivity contribution < 1.29 is 13.2 Å². The largest absolute Gasteiger partial charge is 0.383 e.